The Labute approximate surface area is 159 Å². The molecule has 2 aromatic rings. The molecule has 1 aromatic heterocycles. The third-order valence-electron chi connectivity index (χ3n) is 4.60. The topological polar surface area (TPSA) is 54.5 Å². The fraction of sp³-hybridized carbons (Fsp3) is 0.500. The van der Waals surface area contributed by atoms with Gasteiger partial charge < -0.3 is 10.1 Å². The molecule has 1 aromatic carbocycles. The summed E-state index contributed by atoms with van der Waals surface area (Å²) in [5, 5.41) is 5.95. The van der Waals surface area contributed by atoms with E-state index >= 15 is 0 Å². The predicted molar refractivity (Wildman–Crippen MR) is 105 cm³/mol. The van der Waals surface area contributed by atoms with Gasteiger partial charge in [-0.3, -0.25) is 9.69 Å². The van der Waals surface area contributed by atoms with E-state index in [1.807, 2.05) is 12.3 Å². The van der Waals surface area contributed by atoms with Crippen LogP contribution in [0.4, 0.5) is 0 Å². The highest BCUT2D eigenvalue weighted by atomic mass is 32.1. The number of nitrogens with zero attached hydrogens (tertiary/aromatic N) is 2. The SMILES string of the molecule is CCC(C)NC(=O)Cc1csc(-c2cccc(CN3CCOCC3)c2)n1. The number of hydrogen-bond acceptors (Lipinski definition) is 5. The Balaban J connectivity index is 1.63. The fourth-order valence-electron chi connectivity index (χ4n) is 2.93. The zero-order valence-electron chi connectivity index (χ0n) is 15.5. The lowest BCUT2D eigenvalue weighted by Gasteiger charge is -2.26. The van der Waals surface area contributed by atoms with Gasteiger partial charge in [0.2, 0.25) is 5.91 Å². The Hall–Kier alpha value is -1.76. The molecule has 1 N–H and O–H groups in total. The van der Waals surface area contributed by atoms with Gasteiger partial charge in [-0.15, -0.1) is 11.3 Å². The number of morpholine rings is 1. The molecule has 0 aliphatic carbocycles. The summed E-state index contributed by atoms with van der Waals surface area (Å²) in [4.78, 5) is 19.1. The van der Waals surface area contributed by atoms with Gasteiger partial charge in [0.15, 0.2) is 0 Å². The second kappa shape index (κ2) is 9.26. The number of rotatable bonds is 7. The van der Waals surface area contributed by atoms with E-state index in [-0.39, 0.29) is 11.9 Å². The predicted octanol–water partition coefficient (Wildman–Crippen LogP) is 3.10. The largest absolute Gasteiger partial charge is 0.379 e. The number of ether oxygens (including phenoxy) is 1. The lowest BCUT2D eigenvalue weighted by molar-refractivity contribution is -0.121. The molecule has 1 fully saturated rings. The van der Waals surface area contributed by atoms with Crippen LogP contribution < -0.4 is 5.32 Å². The molecule has 1 unspecified atom stereocenters. The minimum Gasteiger partial charge on any atom is -0.379 e. The maximum Gasteiger partial charge on any atom is 0.226 e. The Morgan fingerprint density at radius 2 is 2.19 bits per heavy atom. The standard InChI is InChI=1S/C20H27N3O2S/c1-3-15(2)21-19(24)12-18-14-26-20(22-18)17-6-4-5-16(11-17)13-23-7-9-25-10-8-23/h4-6,11,14-15H,3,7-10,12-13H2,1-2H3,(H,21,24). The van der Waals surface area contributed by atoms with E-state index in [1.165, 1.54) is 5.56 Å². The Morgan fingerprint density at radius 3 is 2.96 bits per heavy atom. The van der Waals surface area contributed by atoms with Crippen molar-refractivity contribution >= 4 is 17.2 Å². The molecule has 0 bridgehead atoms. The summed E-state index contributed by atoms with van der Waals surface area (Å²) < 4.78 is 5.41. The highest BCUT2D eigenvalue weighted by Crippen LogP contribution is 2.25. The smallest absolute Gasteiger partial charge is 0.226 e. The summed E-state index contributed by atoms with van der Waals surface area (Å²) in [6.45, 7) is 8.61. The van der Waals surface area contributed by atoms with Crippen molar-refractivity contribution in [1.29, 1.82) is 0 Å². The van der Waals surface area contributed by atoms with E-state index in [1.54, 1.807) is 11.3 Å². The average Bonchev–Trinajstić information content (AvgIpc) is 3.11. The zero-order chi connectivity index (χ0) is 18.4. The first-order chi connectivity index (χ1) is 12.6. The first-order valence-corrected chi connectivity index (χ1v) is 10.1. The minimum absolute atomic E-state index is 0.0391. The molecule has 26 heavy (non-hydrogen) atoms. The number of benzene rings is 1. The van der Waals surface area contributed by atoms with Crippen molar-refractivity contribution in [2.75, 3.05) is 26.3 Å². The summed E-state index contributed by atoms with van der Waals surface area (Å²) in [6, 6.07) is 8.74. The summed E-state index contributed by atoms with van der Waals surface area (Å²) >= 11 is 1.60. The van der Waals surface area contributed by atoms with Gasteiger partial charge in [-0.1, -0.05) is 25.1 Å². The van der Waals surface area contributed by atoms with Gasteiger partial charge in [0, 0.05) is 36.6 Å². The van der Waals surface area contributed by atoms with Crippen LogP contribution in [0.3, 0.4) is 0 Å². The molecular formula is C20H27N3O2S. The van der Waals surface area contributed by atoms with Crippen molar-refractivity contribution in [2.24, 2.45) is 0 Å². The highest BCUT2D eigenvalue weighted by Gasteiger charge is 2.13. The van der Waals surface area contributed by atoms with Crippen LogP contribution >= 0.6 is 11.3 Å². The van der Waals surface area contributed by atoms with Gasteiger partial charge in [-0.25, -0.2) is 4.98 Å². The molecule has 6 heteroatoms. The molecule has 0 radical (unpaired) electrons. The number of hydrogen-bond donors (Lipinski definition) is 1. The van der Waals surface area contributed by atoms with Crippen molar-refractivity contribution in [1.82, 2.24) is 15.2 Å². The number of nitrogens with one attached hydrogen (secondary N) is 1. The molecule has 0 saturated carbocycles. The molecular weight excluding hydrogens is 346 g/mol. The van der Waals surface area contributed by atoms with E-state index in [0.29, 0.717) is 6.42 Å². The number of carbonyl (C=O) groups is 1. The van der Waals surface area contributed by atoms with Crippen LogP contribution in [0.2, 0.25) is 0 Å². The van der Waals surface area contributed by atoms with Gasteiger partial charge in [-0.2, -0.15) is 0 Å². The van der Waals surface area contributed by atoms with Crippen LogP contribution in [0, 0.1) is 0 Å². The molecule has 2 heterocycles. The van der Waals surface area contributed by atoms with Crippen LogP contribution in [-0.4, -0.2) is 48.1 Å². The maximum absolute atomic E-state index is 12.0. The van der Waals surface area contributed by atoms with E-state index in [9.17, 15) is 4.79 Å². The first kappa shape index (κ1) is 19.0. The van der Waals surface area contributed by atoms with Crippen molar-refractivity contribution in [3.8, 4) is 10.6 Å². The quantitative estimate of drug-likeness (QED) is 0.810. The van der Waals surface area contributed by atoms with Crippen molar-refractivity contribution in [3.05, 3.63) is 40.9 Å². The van der Waals surface area contributed by atoms with Crippen LogP contribution in [0.1, 0.15) is 31.5 Å². The van der Waals surface area contributed by atoms with Gasteiger partial charge >= 0.3 is 0 Å². The second-order valence-corrected chi connectivity index (χ2v) is 7.64. The molecule has 5 nitrogen and oxygen atoms in total. The average molecular weight is 374 g/mol. The highest BCUT2D eigenvalue weighted by molar-refractivity contribution is 7.13. The number of thiazole rings is 1. The van der Waals surface area contributed by atoms with E-state index in [4.69, 9.17) is 4.74 Å². The zero-order valence-corrected chi connectivity index (χ0v) is 16.3. The number of aromatic nitrogens is 1. The summed E-state index contributed by atoms with van der Waals surface area (Å²) in [6.07, 6.45) is 1.28. The lowest BCUT2D eigenvalue weighted by Crippen LogP contribution is -2.35. The maximum atomic E-state index is 12.0. The Morgan fingerprint density at radius 1 is 1.38 bits per heavy atom. The van der Waals surface area contributed by atoms with Crippen LogP contribution in [0.15, 0.2) is 29.6 Å². The van der Waals surface area contributed by atoms with Crippen molar-refractivity contribution in [3.63, 3.8) is 0 Å². The molecule has 3 rings (SSSR count). The van der Waals surface area contributed by atoms with E-state index in [0.717, 1.165) is 55.5 Å². The molecule has 1 atom stereocenters. The van der Waals surface area contributed by atoms with Crippen LogP contribution in [0.25, 0.3) is 10.6 Å². The number of carbonyl (C=O) groups excluding carboxylic acids is 1. The fourth-order valence-corrected chi connectivity index (χ4v) is 3.75. The molecule has 0 spiro atoms. The monoisotopic (exact) mass is 373 g/mol. The summed E-state index contributed by atoms with van der Waals surface area (Å²) in [7, 11) is 0. The van der Waals surface area contributed by atoms with Crippen LogP contribution in [-0.2, 0) is 22.5 Å². The summed E-state index contributed by atoms with van der Waals surface area (Å²) in [5.41, 5.74) is 3.24. The number of amides is 1. The van der Waals surface area contributed by atoms with Gasteiger partial charge in [0.25, 0.3) is 0 Å². The second-order valence-electron chi connectivity index (χ2n) is 6.79. The van der Waals surface area contributed by atoms with Gasteiger partial charge in [-0.05, 0) is 25.0 Å². The Bertz CT molecular complexity index is 725. The minimum atomic E-state index is 0.0391. The molecule has 1 aliphatic rings. The van der Waals surface area contributed by atoms with Gasteiger partial charge in [0.05, 0.1) is 25.3 Å². The van der Waals surface area contributed by atoms with Crippen molar-refractivity contribution < 1.29 is 9.53 Å². The molecule has 1 saturated heterocycles. The van der Waals surface area contributed by atoms with Crippen LogP contribution in [0.5, 0.6) is 0 Å². The van der Waals surface area contributed by atoms with Crippen molar-refractivity contribution in [2.45, 2.75) is 39.3 Å². The normalized spacial score (nSPS) is 16.4. The van der Waals surface area contributed by atoms with E-state index < -0.39 is 0 Å². The first-order valence-electron chi connectivity index (χ1n) is 9.27. The third kappa shape index (κ3) is 5.37. The molecule has 1 amide bonds. The van der Waals surface area contributed by atoms with E-state index in [2.05, 4.69) is 46.4 Å². The molecule has 140 valence electrons. The Kier molecular flexibility index (Phi) is 6.77. The van der Waals surface area contributed by atoms with Gasteiger partial charge in [0.1, 0.15) is 5.01 Å². The molecule has 1 aliphatic heterocycles. The lowest BCUT2D eigenvalue weighted by atomic mass is 10.1. The summed E-state index contributed by atoms with van der Waals surface area (Å²) in [5.74, 6) is 0.0391. The third-order valence-corrected chi connectivity index (χ3v) is 5.54.